The highest BCUT2D eigenvalue weighted by atomic mass is 16.5. The molecule has 4 heteroatoms. The molecule has 19 heavy (non-hydrogen) atoms. The zero-order chi connectivity index (χ0) is 13.8. The summed E-state index contributed by atoms with van der Waals surface area (Å²) in [5.41, 5.74) is 10.1. The van der Waals surface area contributed by atoms with Crippen molar-refractivity contribution in [1.29, 1.82) is 0 Å². The van der Waals surface area contributed by atoms with Gasteiger partial charge in [0.15, 0.2) is 0 Å². The average molecular weight is 259 g/mol. The lowest BCUT2D eigenvalue weighted by molar-refractivity contribution is 0.411. The number of methoxy groups -OCH3 is 1. The summed E-state index contributed by atoms with van der Waals surface area (Å²) in [7, 11) is 1.70. The van der Waals surface area contributed by atoms with Crippen molar-refractivity contribution in [2.24, 2.45) is 5.73 Å². The van der Waals surface area contributed by atoms with Crippen LogP contribution in [0.2, 0.25) is 0 Å². The SMILES string of the molecule is COc1ccc(-c2cnc(CCCN)[nH]2)c(C)c1C. The first-order chi connectivity index (χ1) is 9.17. The van der Waals surface area contributed by atoms with E-state index >= 15 is 0 Å². The molecule has 0 unspecified atom stereocenters. The van der Waals surface area contributed by atoms with E-state index < -0.39 is 0 Å². The third kappa shape index (κ3) is 2.79. The lowest BCUT2D eigenvalue weighted by Crippen LogP contribution is -2.01. The number of aromatic nitrogens is 2. The van der Waals surface area contributed by atoms with E-state index in [1.807, 2.05) is 12.3 Å². The van der Waals surface area contributed by atoms with Gasteiger partial charge in [0.05, 0.1) is 19.0 Å². The molecular weight excluding hydrogens is 238 g/mol. The summed E-state index contributed by atoms with van der Waals surface area (Å²) in [5.74, 6) is 1.91. The maximum Gasteiger partial charge on any atom is 0.122 e. The molecule has 1 aromatic heterocycles. The number of nitrogens with one attached hydrogen (secondary N) is 1. The number of H-pyrrole nitrogens is 1. The molecule has 1 aromatic carbocycles. The molecule has 3 N–H and O–H groups in total. The summed E-state index contributed by atoms with van der Waals surface area (Å²) < 4.78 is 5.34. The number of nitrogens with two attached hydrogens (primary N) is 1. The zero-order valence-corrected chi connectivity index (χ0v) is 11.8. The van der Waals surface area contributed by atoms with Crippen molar-refractivity contribution in [2.75, 3.05) is 13.7 Å². The monoisotopic (exact) mass is 259 g/mol. The van der Waals surface area contributed by atoms with E-state index in [0.717, 1.165) is 35.7 Å². The number of hydrogen-bond acceptors (Lipinski definition) is 3. The molecule has 0 aliphatic rings. The Kier molecular flexibility index (Phi) is 4.22. The van der Waals surface area contributed by atoms with Crippen LogP contribution in [0, 0.1) is 13.8 Å². The van der Waals surface area contributed by atoms with Gasteiger partial charge in [-0.1, -0.05) is 0 Å². The molecule has 0 saturated carbocycles. The third-order valence-electron chi connectivity index (χ3n) is 3.49. The van der Waals surface area contributed by atoms with Crippen LogP contribution >= 0.6 is 0 Å². The van der Waals surface area contributed by atoms with E-state index in [2.05, 4.69) is 29.9 Å². The van der Waals surface area contributed by atoms with Gasteiger partial charge in [-0.2, -0.15) is 0 Å². The smallest absolute Gasteiger partial charge is 0.122 e. The number of benzene rings is 1. The first-order valence-electron chi connectivity index (χ1n) is 6.56. The molecule has 0 spiro atoms. The number of imidazole rings is 1. The Balaban J connectivity index is 2.31. The maximum atomic E-state index is 5.51. The first kappa shape index (κ1) is 13.6. The number of ether oxygens (including phenoxy) is 1. The summed E-state index contributed by atoms with van der Waals surface area (Å²) >= 11 is 0. The van der Waals surface area contributed by atoms with Crippen molar-refractivity contribution in [3.63, 3.8) is 0 Å². The van der Waals surface area contributed by atoms with Crippen LogP contribution in [0.15, 0.2) is 18.3 Å². The van der Waals surface area contributed by atoms with Crippen LogP contribution < -0.4 is 10.5 Å². The molecule has 4 nitrogen and oxygen atoms in total. The largest absolute Gasteiger partial charge is 0.496 e. The standard InChI is InChI=1S/C15H21N3O/c1-10-11(2)14(19-3)7-6-12(10)13-9-17-15(18-13)5-4-8-16/h6-7,9H,4-5,8,16H2,1-3H3,(H,17,18). The minimum absolute atomic E-state index is 0.691. The third-order valence-corrected chi connectivity index (χ3v) is 3.49. The summed E-state index contributed by atoms with van der Waals surface area (Å²) in [6, 6.07) is 4.07. The second-order valence-corrected chi connectivity index (χ2v) is 4.70. The van der Waals surface area contributed by atoms with Crippen molar-refractivity contribution in [3.05, 3.63) is 35.3 Å². The summed E-state index contributed by atoms with van der Waals surface area (Å²) in [6.45, 7) is 4.87. The Morgan fingerprint density at radius 3 is 2.74 bits per heavy atom. The summed E-state index contributed by atoms with van der Waals surface area (Å²) in [6.07, 6.45) is 3.73. The van der Waals surface area contributed by atoms with Gasteiger partial charge >= 0.3 is 0 Å². The van der Waals surface area contributed by atoms with Gasteiger partial charge in [0, 0.05) is 12.0 Å². The number of aryl methyl sites for hydroxylation is 1. The molecular formula is C15H21N3O. The van der Waals surface area contributed by atoms with Gasteiger partial charge in [-0.3, -0.25) is 0 Å². The van der Waals surface area contributed by atoms with Gasteiger partial charge in [-0.05, 0) is 50.1 Å². The van der Waals surface area contributed by atoms with Crippen molar-refractivity contribution in [3.8, 4) is 17.0 Å². The fourth-order valence-corrected chi connectivity index (χ4v) is 2.20. The summed E-state index contributed by atoms with van der Waals surface area (Å²) in [4.78, 5) is 7.76. The molecule has 2 rings (SSSR count). The van der Waals surface area contributed by atoms with Crippen LogP contribution in [0.1, 0.15) is 23.4 Å². The molecule has 2 aromatic rings. The molecule has 0 aliphatic heterocycles. The molecule has 0 amide bonds. The van der Waals surface area contributed by atoms with Crippen molar-refractivity contribution >= 4 is 0 Å². The minimum atomic E-state index is 0.691. The van der Waals surface area contributed by atoms with Gasteiger partial charge in [-0.25, -0.2) is 4.98 Å². The van der Waals surface area contributed by atoms with Crippen molar-refractivity contribution < 1.29 is 4.74 Å². The van der Waals surface area contributed by atoms with Crippen LogP contribution in [0.5, 0.6) is 5.75 Å². The normalized spacial score (nSPS) is 10.7. The van der Waals surface area contributed by atoms with E-state index in [0.29, 0.717) is 6.54 Å². The summed E-state index contributed by atoms with van der Waals surface area (Å²) in [5, 5.41) is 0. The molecule has 0 fully saturated rings. The predicted octanol–water partition coefficient (Wildman–Crippen LogP) is 2.59. The van der Waals surface area contributed by atoms with Crippen molar-refractivity contribution in [1.82, 2.24) is 9.97 Å². The zero-order valence-electron chi connectivity index (χ0n) is 11.8. The number of rotatable bonds is 5. The fraction of sp³-hybridized carbons (Fsp3) is 0.400. The molecule has 0 saturated heterocycles. The Bertz CT molecular complexity index is 561. The van der Waals surface area contributed by atoms with E-state index in [1.54, 1.807) is 7.11 Å². The van der Waals surface area contributed by atoms with Gasteiger partial charge in [0.2, 0.25) is 0 Å². The van der Waals surface area contributed by atoms with Crippen molar-refractivity contribution in [2.45, 2.75) is 26.7 Å². The Hall–Kier alpha value is -1.81. The Morgan fingerprint density at radius 1 is 1.26 bits per heavy atom. The number of aromatic amines is 1. The van der Waals surface area contributed by atoms with Crippen LogP contribution in [-0.2, 0) is 6.42 Å². The first-order valence-corrected chi connectivity index (χ1v) is 6.56. The molecule has 0 bridgehead atoms. The van der Waals surface area contributed by atoms with Crippen LogP contribution in [0.25, 0.3) is 11.3 Å². The van der Waals surface area contributed by atoms with Crippen LogP contribution in [0.3, 0.4) is 0 Å². The second kappa shape index (κ2) is 5.89. The van der Waals surface area contributed by atoms with Gasteiger partial charge < -0.3 is 15.5 Å². The quantitative estimate of drug-likeness (QED) is 0.867. The lowest BCUT2D eigenvalue weighted by Gasteiger charge is -2.11. The molecule has 0 radical (unpaired) electrons. The van der Waals surface area contributed by atoms with Crippen LogP contribution in [0.4, 0.5) is 0 Å². The molecule has 0 atom stereocenters. The number of nitrogens with zero attached hydrogens (tertiary/aromatic N) is 1. The highest BCUT2D eigenvalue weighted by Crippen LogP contribution is 2.30. The second-order valence-electron chi connectivity index (χ2n) is 4.70. The lowest BCUT2D eigenvalue weighted by atomic mass is 10.0. The Labute approximate surface area is 114 Å². The minimum Gasteiger partial charge on any atom is -0.496 e. The predicted molar refractivity (Wildman–Crippen MR) is 77.4 cm³/mol. The molecule has 1 heterocycles. The van der Waals surface area contributed by atoms with Gasteiger partial charge in [-0.15, -0.1) is 0 Å². The average Bonchev–Trinajstić information content (AvgIpc) is 2.88. The van der Waals surface area contributed by atoms with E-state index in [-0.39, 0.29) is 0 Å². The Morgan fingerprint density at radius 2 is 2.05 bits per heavy atom. The highest BCUT2D eigenvalue weighted by molar-refractivity contribution is 5.66. The molecule has 0 aliphatic carbocycles. The van der Waals surface area contributed by atoms with Crippen LogP contribution in [-0.4, -0.2) is 23.6 Å². The van der Waals surface area contributed by atoms with Gasteiger partial charge in [0.25, 0.3) is 0 Å². The molecule has 102 valence electrons. The topological polar surface area (TPSA) is 63.9 Å². The number of hydrogen-bond donors (Lipinski definition) is 2. The highest BCUT2D eigenvalue weighted by Gasteiger charge is 2.10. The fourth-order valence-electron chi connectivity index (χ4n) is 2.20. The van der Waals surface area contributed by atoms with Gasteiger partial charge in [0.1, 0.15) is 11.6 Å². The maximum absolute atomic E-state index is 5.51. The van der Waals surface area contributed by atoms with E-state index in [9.17, 15) is 0 Å². The van der Waals surface area contributed by atoms with E-state index in [4.69, 9.17) is 10.5 Å². The van der Waals surface area contributed by atoms with E-state index in [1.165, 1.54) is 11.1 Å².